The third-order valence-corrected chi connectivity index (χ3v) is 3.18. The predicted molar refractivity (Wildman–Crippen MR) is 75.6 cm³/mol. The van der Waals surface area contributed by atoms with Gasteiger partial charge in [-0.25, -0.2) is 4.39 Å². The van der Waals surface area contributed by atoms with Crippen LogP contribution in [0.3, 0.4) is 0 Å². The van der Waals surface area contributed by atoms with Crippen molar-refractivity contribution in [3.63, 3.8) is 0 Å². The molecule has 7 heteroatoms. The van der Waals surface area contributed by atoms with E-state index in [9.17, 15) is 14.0 Å². The van der Waals surface area contributed by atoms with Gasteiger partial charge in [0.25, 0.3) is 0 Å². The van der Waals surface area contributed by atoms with Crippen molar-refractivity contribution < 1.29 is 19.1 Å². The average molecular weight is 322 g/mol. The van der Waals surface area contributed by atoms with Gasteiger partial charge in [0.1, 0.15) is 5.92 Å². The highest BCUT2D eigenvalue weighted by atomic mass is 35.5. The minimum atomic E-state index is -1.26. The van der Waals surface area contributed by atoms with Crippen LogP contribution in [0.15, 0.2) is 12.1 Å². The monoisotopic (exact) mass is 321 g/mol. The summed E-state index contributed by atoms with van der Waals surface area (Å²) in [5.74, 6) is -4.01. The van der Waals surface area contributed by atoms with Crippen LogP contribution in [0.5, 0.6) is 0 Å². The van der Waals surface area contributed by atoms with Gasteiger partial charge in [0.2, 0.25) is 5.91 Å². The fraction of sp³-hybridized carbons (Fsp3) is 0.385. The maximum atomic E-state index is 13.3. The van der Waals surface area contributed by atoms with E-state index in [1.807, 2.05) is 0 Å². The smallest absolute Gasteiger partial charge is 0.316 e. The van der Waals surface area contributed by atoms with E-state index < -0.39 is 29.0 Å². The number of benzene rings is 1. The first-order valence-electron chi connectivity index (χ1n) is 5.72. The number of halogens is 3. The van der Waals surface area contributed by atoms with Crippen molar-refractivity contribution in [2.75, 3.05) is 5.32 Å². The van der Waals surface area contributed by atoms with E-state index in [4.69, 9.17) is 28.3 Å². The second kappa shape index (κ2) is 5.97. The van der Waals surface area contributed by atoms with E-state index in [1.54, 1.807) is 20.8 Å². The Balaban J connectivity index is 3.03. The molecule has 0 heterocycles. The normalized spacial score (nSPS) is 12.9. The topological polar surface area (TPSA) is 66.4 Å². The van der Waals surface area contributed by atoms with E-state index >= 15 is 0 Å². The van der Waals surface area contributed by atoms with Crippen molar-refractivity contribution in [1.29, 1.82) is 0 Å². The number of hydrogen-bond donors (Lipinski definition) is 2. The Morgan fingerprint density at radius 1 is 1.25 bits per heavy atom. The van der Waals surface area contributed by atoms with Crippen LogP contribution in [0.25, 0.3) is 0 Å². The van der Waals surface area contributed by atoms with Crippen molar-refractivity contribution in [3.05, 3.63) is 28.0 Å². The molecule has 0 fully saturated rings. The van der Waals surface area contributed by atoms with Gasteiger partial charge in [-0.2, -0.15) is 0 Å². The van der Waals surface area contributed by atoms with Crippen LogP contribution in [-0.4, -0.2) is 17.0 Å². The molecule has 1 unspecified atom stereocenters. The molecule has 20 heavy (non-hydrogen) atoms. The van der Waals surface area contributed by atoms with Crippen LogP contribution in [-0.2, 0) is 9.59 Å². The molecular formula is C13H14Cl2FNO3. The second-order valence-electron chi connectivity index (χ2n) is 5.38. The molecule has 1 aromatic rings. The molecule has 0 bridgehead atoms. The van der Waals surface area contributed by atoms with E-state index in [0.29, 0.717) is 0 Å². The third kappa shape index (κ3) is 3.84. The van der Waals surface area contributed by atoms with Gasteiger partial charge in [0, 0.05) is 5.69 Å². The van der Waals surface area contributed by atoms with Crippen molar-refractivity contribution in [2.24, 2.45) is 11.3 Å². The molecule has 0 radical (unpaired) electrons. The number of aliphatic carboxylic acids is 1. The number of carboxylic acid groups (broad SMARTS) is 1. The largest absolute Gasteiger partial charge is 0.481 e. The molecule has 1 aromatic carbocycles. The third-order valence-electron chi connectivity index (χ3n) is 2.63. The van der Waals surface area contributed by atoms with Crippen molar-refractivity contribution in [1.82, 2.24) is 0 Å². The van der Waals surface area contributed by atoms with Gasteiger partial charge in [-0.3, -0.25) is 9.59 Å². The lowest BCUT2D eigenvalue weighted by Gasteiger charge is -2.26. The van der Waals surface area contributed by atoms with Crippen molar-refractivity contribution in [3.8, 4) is 0 Å². The molecule has 1 rings (SSSR count). The maximum Gasteiger partial charge on any atom is 0.316 e. The summed E-state index contributed by atoms with van der Waals surface area (Å²) in [5, 5.41) is 11.0. The van der Waals surface area contributed by atoms with E-state index in [2.05, 4.69) is 5.32 Å². The molecule has 4 nitrogen and oxygen atoms in total. The average Bonchev–Trinajstić information content (AvgIpc) is 2.22. The summed E-state index contributed by atoms with van der Waals surface area (Å²) < 4.78 is 13.3. The minimum absolute atomic E-state index is 0.141. The van der Waals surface area contributed by atoms with E-state index in [-0.39, 0.29) is 15.7 Å². The fourth-order valence-electron chi connectivity index (χ4n) is 1.72. The van der Waals surface area contributed by atoms with Gasteiger partial charge in [0.15, 0.2) is 5.82 Å². The highest BCUT2D eigenvalue weighted by Gasteiger charge is 2.37. The Labute approximate surface area is 125 Å². The number of carbonyl (C=O) groups excluding carboxylic acids is 1. The number of hydrogen-bond acceptors (Lipinski definition) is 2. The summed E-state index contributed by atoms with van der Waals surface area (Å²) in [6.07, 6.45) is 0. The Hall–Kier alpha value is -1.33. The summed E-state index contributed by atoms with van der Waals surface area (Å²) >= 11 is 11.2. The molecule has 0 aliphatic heterocycles. The van der Waals surface area contributed by atoms with Crippen LogP contribution >= 0.6 is 23.2 Å². The van der Waals surface area contributed by atoms with Gasteiger partial charge in [-0.15, -0.1) is 0 Å². The molecule has 1 amide bonds. The first kappa shape index (κ1) is 16.7. The molecule has 0 spiro atoms. The first-order valence-corrected chi connectivity index (χ1v) is 6.48. The van der Waals surface area contributed by atoms with Crippen molar-refractivity contribution >= 4 is 40.8 Å². The quantitative estimate of drug-likeness (QED) is 0.657. The van der Waals surface area contributed by atoms with E-state index in [1.165, 1.54) is 12.1 Å². The molecule has 110 valence electrons. The summed E-state index contributed by atoms with van der Waals surface area (Å²) in [4.78, 5) is 23.2. The highest BCUT2D eigenvalue weighted by molar-refractivity contribution is 6.35. The second-order valence-corrected chi connectivity index (χ2v) is 6.19. The molecule has 0 aliphatic rings. The van der Waals surface area contributed by atoms with E-state index in [0.717, 1.165) is 0 Å². The highest BCUT2D eigenvalue weighted by Crippen LogP contribution is 2.30. The zero-order valence-corrected chi connectivity index (χ0v) is 12.6. The number of carbonyl (C=O) groups is 2. The first-order chi connectivity index (χ1) is 9.04. The Kier molecular flexibility index (Phi) is 5.00. The Bertz CT molecular complexity index is 532. The van der Waals surface area contributed by atoms with Crippen LogP contribution in [0, 0.1) is 17.2 Å². The van der Waals surface area contributed by atoms with Crippen molar-refractivity contribution in [2.45, 2.75) is 20.8 Å². The Morgan fingerprint density at radius 3 is 2.05 bits per heavy atom. The summed E-state index contributed by atoms with van der Waals surface area (Å²) in [6.45, 7) is 4.90. The fourth-order valence-corrected chi connectivity index (χ4v) is 2.21. The standard InChI is InChI=1S/C13H14Cl2FNO3/c1-13(2,3)9(12(19)20)11(18)17-6-4-7(14)10(16)8(15)5-6/h4-5,9H,1-3H3,(H,17,18)(H,19,20). The lowest BCUT2D eigenvalue weighted by molar-refractivity contribution is -0.149. The molecule has 0 saturated carbocycles. The van der Waals surface area contributed by atoms with Crippen LogP contribution in [0.1, 0.15) is 20.8 Å². The van der Waals surface area contributed by atoms with Gasteiger partial charge < -0.3 is 10.4 Å². The SMILES string of the molecule is CC(C)(C)C(C(=O)O)C(=O)Nc1cc(Cl)c(F)c(Cl)c1. The number of rotatable bonds is 3. The molecule has 2 N–H and O–H groups in total. The molecule has 0 aromatic heterocycles. The molecule has 1 atom stereocenters. The van der Waals surface area contributed by atoms with Crippen LogP contribution < -0.4 is 5.32 Å². The van der Waals surface area contributed by atoms with Gasteiger partial charge >= 0.3 is 5.97 Å². The Morgan fingerprint density at radius 2 is 1.70 bits per heavy atom. The predicted octanol–water partition coefficient (Wildman–Crippen LogP) is 3.82. The summed E-state index contributed by atoms with van der Waals surface area (Å²) in [5.41, 5.74) is -0.634. The number of nitrogens with one attached hydrogen (secondary N) is 1. The zero-order chi connectivity index (χ0) is 15.7. The van der Waals surface area contributed by atoms with Gasteiger partial charge in [-0.1, -0.05) is 44.0 Å². The lowest BCUT2D eigenvalue weighted by atomic mass is 9.80. The molecular weight excluding hydrogens is 308 g/mol. The number of carboxylic acids is 1. The van der Waals surface area contributed by atoms with Gasteiger partial charge in [0.05, 0.1) is 10.0 Å². The van der Waals surface area contributed by atoms with Crippen LogP contribution in [0.2, 0.25) is 10.0 Å². The zero-order valence-electron chi connectivity index (χ0n) is 11.1. The summed E-state index contributed by atoms with van der Waals surface area (Å²) in [6, 6.07) is 2.34. The summed E-state index contributed by atoms with van der Waals surface area (Å²) in [7, 11) is 0. The number of amides is 1. The van der Waals surface area contributed by atoms with Gasteiger partial charge in [-0.05, 0) is 17.5 Å². The molecule has 0 aliphatic carbocycles. The minimum Gasteiger partial charge on any atom is -0.481 e. The van der Waals surface area contributed by atoms with Crippen LogP contribution in [0.4, 0.5) is 10.1 Å². The lowest BCUT2D eigenvalue weighted by Crippen LogP contribution is -2.39. The molecule has 0 saturated heterocycles. The number of anilines is 1. The maximum absolute atomic E-state index is 13.3.